The van der Waals surface area contributed by atoms with Gasteiger partial charge in [-0.05, 0) is 46.1 Å². The van der Waals surface area contributed by atoms with Crippen LogP contribution in [0.5, 0.6) is 0 Å². The van der Waals surface area contributed by atoms with Gasteiger partial charge in [-0.15, -0.1) is 11.3 Å². The Hall–Kier alpha value is -1.22. The molecule has 122 valence electrons. The average molecular weight is 415 g/mol. The Labute approximate surface area is 147 Å². The van der Waals surface area contributed by atoms with E-state index < -0.39 is 16.1 Å². The van der Waals surface area contributed by atoms with Crippen LogP contribution in [0.1, 0.15) is 17.2 Å². The van der Waals surface area contributed by atoms with Crippen molar-refractivity contribution in [2.75, 3.05) is 13.1 Å². The highest BCUT2D eigenvalue weighted by Crippen LogP contribution is 2.34. The van der Waals surface area contributed by atoms with Gasteiger partial charge < -0.3 is 5.32 Å². The fourth-order valence-electron chi connectivity index (χ4n) is 2.65. The summed E-state index contributed by atoms with van der Waals surface area (Å²) in [7, 11) is -3.73. The number of piperazine rings is 1. The number of sulfonamides is 1. The van der Waals surface area contributed by atoms with E-state index in [0.717, 1.165) is 20.7 Å². The van der Waals surface area contributed by atoms with E-state index in [9.17, 15) is 13.2 Å². The summed E-state index contributed by atoms with van der Waals surface area (Å²) in [6.45, 7) is 2.44. The smallest absolute Gasteiger partial charge is 0.253 e. The highest BCUT2D eigenvalue weighted by molar-refractivity contribution is 9.11. The monoisotopic (exact) mass is 414 g/mol. The summed E-state index contributed by atoms with van der Waals surface area (Å²) < 4.78 is 28.2. The lowest BCUT2D eigenvalue weighted by Gasteiger charge is -2.34. The van der Waals surface area contributed by atoms with Gasteiger partial charge in [0.1, 0.15) is 10.3 Å². The summed E-state index contributed by atoms with van der Waals surface area (Å²) in [6, 6.07) is 9.79. The Morgan fingerprint density at radius 2 is 2.00 bits per heavy atom. The fourth-order valence-corrected chi connectivity index (χ4v) is 6.36. The number of halogens is 1. The second-order valence-corrected chi connectivity index (χ2v) is 9.80. The molecule has 1 fully saturated rings. The number of carbonyl (C=O) groups excluding carboxylic acids is 1. The molecule has 1 atom stereocenters. The average Bonchev–Trinajstić information content (AvgIpc) is 2.95. The first-order chi connectivity index (χ1) is 10.9. The zero-order valence-corrected chi connectivity index (χ0v) is 15.5. The number of thiophene rings is 1. The number of benzene rings is 1. The maximum absolute atomic E-state index is 13.0. The van der Waals surface area contributed by atoms with E-state index in [1.165, 1.54) is 4.31 Å². The van der Waals surface area contributed by atoms with Crippen molar-refractivity contribution < 1.29 is 13.2 Å². The number of hydrogen-bond acceptors (Lipinski definition) is 4. The molecule has 2 heterocycles. The lowest BCUT2D eigenvalue weighted by molar-refractivity contribution is -0.126. The molecule has 0 bridgehead atoms. The first-order valence-corrected chi connectivity index (χ1v) is 10.1. The first kappa shape index (κ1) is 16.6. The Morgan fingerprint density at radius 3 is 2.65 bits per heavy atom. The van der Waals surface area contributed by atoms with Crippen LogP contribution in [0.3, 0.4) is 0 Å². The van der Waals surface area contributed by atoms with Gasteiger partial charge in [0, 0.05) is 13.1 Å². The zero-order valence-electron chi connectivity index (χ0n) is 12.3. The van der Waals surface area contributed by atoms with E-state index >= 15 is 0 Å². The van der Waals surface area contributed by atoms with E-state index in [4.69, 9.17) is 0 Å². The van der Waals surface area contributed by atoms with E-state index in [2.05, 4.69) is 21.2 Å². The third-order valence-corrected chi connectivity index (χ3v) is 7.72. The standard InChI is InChI=1S/C15H15BrN2O3S2/c1-10-4-2-3-5-11(10)14-15(19)17-8-9-18(14)23(20,21)13-7-6-12(16)22-13/h2-7,14H,8-9H2,1H3,(H,17,19). The molecule has 5 nitrogen and oxygen atoms in total. The number of aryl methyl sites for hydroxylation is 1. The van der Waals surface area contributed by atoms with Crippen molar-refractivity contribution >= 4 is 43.2 Å². The molecular weight excluding hydrogens is 400 g/mol. The summed E-state index contributed by atoms with van der Waals surface area (Å²) >= 11 is 4.43. The van der Waals surface area contributed by atoms with Crippen LogP contribution < -0.4 is 5.32 Å². The number of hydrogen-bond donors (Lipinski definition) is 1. The lowest BCUT2D eigenvalue weighted by Crippen LogP contribution is -2.52. The molecule has 3 rings (SSSR count). The minimum Gasteiger partial charge on any atom is -0.353 e. The van der Waals surface area contributed by atoms with E-state index in [0.29, 0.717) is 12.1 Å². The molecule has 1 aliphatic heterocycles. The molecule has 1 aromatic heterocycles. The molecule has 0 spiro atoms. The molecule has 0 aliphatic carbocycles. The number of nitrogens with zero attached hydrogens (tertiary/aromatic N) is 1. The van der Waals surface area contributed by atoms with Crippen molar-refractivity contribution in [3.05, 3.63) is 51.3 Å². The van der Waals surface area contributed by atoms with Crippen molar-refractivity contribution in [2.45, 2.75) is 17.2 Å². The molecule has 1 aliphatic rings. The van der Waals surface area contributed by atoms with E-state index in [1.807, 2.05) is 25.1 Å². The fraction of sp³-hybridized carbons (Fsp3) is 0.267. The van der Waals surface area contributed by atoms with Crippen LogP contribution in [0.2, 0.25) is 0 Å². The first-order valence-electron chi connectivity index (χ1n) is 7.01. The maximum Gasteiger partial charge on any atom is 0.253 e. The van der Waals surface area contributed by atoms with Crippen LogP contribution in [0.4, 0.5) is 0 Å². The van der Waals surface area contributed by atoms with Gasteiger partial charge in [-0.3, -0.25) is 4.79 Å². The molecule has 1 amide bonds. The van der Waals surface area contributed by atoms with Crippen LogP contribution in [-0.4, -0.2) is 31.7 Å². The predicted octanol–water partition coefficient (Wildman–Crippen LogP) is 2.68. The normalized spacial score (nSPS) is 19.6. The van der Waals surface area contributed by atoms with Crippen LogP contribution in [-0.2, 0) is 14.8 Å². The van der Waals surface area contributed by atoms with Gasteiger partial charge in [-0.2, -0.15) is 4.31 Å². The summed E-state index contributed by atoms with van der Waals surface area (Å²) in [5, 5.41) is 2.77. The van der Waals surface area contributed by atoms with Crippen LogP contribution in [0, 0.1) is 6.92 Å². The van der Waals surface area contributed by atoms with Crippen molar-refractivity contribution in [1.82, 2.24) is 9.62 Å². The minimum absolute atomic E-state index is 0.234. The van der Waals surface area contributed by atoms with Crippen molar-refractivity contribution in [3.63, 3.8) is 0 Å². The van der Waals surface area contributed by atoms with Gasteiger partial charge in [0.2, 0.25) is 5.91 Å². The topological polar surface area (TPSA) is 66.5 Å². The second kappa shape index (κ2) is 6.35. The molecular formula is C15H15BrN2O3S2. The summed E-state index contributed by atoms with van der Waals surface area (Å²) in [5.74, 6) is -0.287. The summed E-state index contributed by atoms with van der Waals surface area (Å²) in [5.41, 5.74) is 1.60. The van der Waals surface area contributed by atoms with Gasteiger partial charge in [-0.25, -0.2) is 8.42 Å². The van der Waals surface area contributed by atoms with E-state index in [-0.39, 0.29) is 16.7 Å². The summed E-state index contributed by atoms with van der Waals surface area (Å²) in [4.78, 5) is 12.4. The lowest BCUT2D eigenvalue weighted by atomic mass is 9.99. The van der Waals surface area contributed by atoms with Gasteiger partial charge >= 0.3 is 0 Å². The quantitative estimate of drug-likeness (QED) is 0.839. The molecule has 1 saturated heterocycles. The van der Waals surface area contributed by atoms with Gasteiger partial charge in [0.05, 0.1) is 3.79 Å². The number of carbonyl (C=O) groups is 1. The third kappa shape index (κ3) is 3.08. The Bertz CT molecular complexity index is 848. The van der Waals surface area contributed by atoms with Gasteiger partial charge in [0.25, 0.3) is 10.0 Å². The molecule has 8 heteroatoms. The molecule has 2 aromatic rings. The molecule has 23 heavy (non-hydrogen) atoms. The summed E-state index contributed by atoms with van der Waals surface area (Å²) in [6.07, 6.45) is 0. The third-order valence-electron chi connectivity index (χ3n) is 3.76. The molecule has 1 unspecified atom stereocenters. The number of rotatable bonds is 3. The van der Waals surface area contributed by atoms with Crippen molar-refractivity contribution in [2.24, 2.45) is 0 Å². The highest BCUT2D eigenvalue weighted by atomic mass is 79.9. The van der Waals surface area contributed by atoms with Crippen molar-refractivity contribution in [1.29, 1.82) is 0 Å². The van der Waals surface area contributed by atoms with Crippen molar-refractivity contribution in [3.8, 4) is 0 Å². The molecule has 0 saturated carbocycles. The SMILES string of the molecule is Cc1ccccc1C1C(=O)NCCN1S(=O)(=O)c1ccc(Br)s1. The number of amides is 1. The zero-order chi connectivity index (χ0) is 16.6. The van der Waals surface area contributed by atoms with Crippen LogP contribution in [0.25, 0.3) is 0 Å². The largest absolute Gasteiger partial charge is 0.353 e. The highest BCUT2D eigenvalue weighted by Gasteiger charge is 2.40. The molecule has 0 radical (unpaired) electrons. The van der Waals surface area contributed by atoms with Crippen LogP contribution in [0.15, 0.2) is 44.4 Å². The molecule has 1 N–H and O–H groups in total. The minimum atomic E-state index is -3.73. The maximum atomic E-state index is 13.0. The second-order valence-electron chi connectivity index (χ2n) is 5.22. The number of nitrogens with one attached hydrogen (secondary N) is 1. The predicted molar refractivity (Wildman–Crippen MR) is 92.8 cm³/mol. The Morgan fingerprint density at radius 1 is 1.26 bits per heavy atom. The molecule has 1 aromatic carbocycles. The Balaban J connectivity index is 2.09. The van der Waals surface area contributed by atoms with Crippen LogP contribution >= 0.6 is 27.3 Å². The van der Waals surface area contributed by atoms with E-state index in [1.54, 1.807) is 18.2 Å². The Kier molecular flexibility index (Phi) is 4.59. The van der Waals surface area contributed by atoms with Gasteiger partial charge in [-0.1, -0.05) is 24.3 Å². The van der Waals surface area contributed by atoms with Gasteiger partial charge in [0.15, 0.2) is 0 Å².